The van der Waals surface area contributed by atoms with Gasteiger partial charge in [0.2, 0.25) is 0 Å². The van der Waals surface area contributed by atoms with E-state index in [0.29, 0.717) is 34.7 Å². The first-order valence-electron chi connectivity index (χ1n) is 10.00. The molecule has 0 radical (unpaired) electrons. The molecule has 0 unspecified atom stereocenters. The molecule has 0 heterocycles. The lowest BCUT2D eigenvalue weighted by Gasteiger charge is -2.37. The fraction of sp³-hybridized carbons (Fsp3) is 0.636. The monoisotopic (exact) mass is 390 g/mol. The number of benzene rings is 1. The molecule has 0 saturated heterocycles. The summed E-state index contributed by atoms with van der Waals surface area (Å²) in [5, 5.41) is 6.52. The summed E-state index contributed by atoms with van der Waals surface area (Å²) in [6.07, 6.45) is 4.60. The zero-order valence-corrected chi connectivity index (χ0v) is 18.1. The zero-order chi connectivity index (χ0) is 20.0. The molecule has 4 nitrogen and oxygen atoms in total. The number of hydrogen-bond acceptors (Lipinski definition) is 3. The minimum atomic E-state index is -0.189. The Hall–Kier alpha value is -1.62. The molecular formula is C22H34N2O2S. The average molecular weight is 391 g/mol. The summed E-state index contributed by atoms with van der Waals surface area (Å²) in [4.78, 5) is 12.4. The Labute approximate surface area is 169 Å². The lowest BCUT2D eigenvalue weighted by molar-refractivity contribution is 0.0976. The number of carbonyl (C=O) groups excluding carboxylic acids is 1. The molecule has 1 aliphatic rings. The summed E-state index contributed by atoms with van der Waals surface area (Å²) in [5.41, 5.74) is 0.942. The summed E-state index contributed by atoms with van der Waals surface area (Å²) in [6, 6.07) is 7.52. The zero-order valence-electron chi connectivity index (χ0n) is 17.3. The van der Waals surface area contributed by atoms with E-state index in [1.807, 2.05) is 12.1 Å². The maximum atomic E-state index is 12.4. The van der Waals surface area contributed by atoms with E-state index in [9.17, 15) is 4.79 Å². The van der Waals surface area contributed by atoms with E-state index in [4.69, 9.17) is 17.0 Å². The van der Waals surface area contributed by atoms with E-state index in [1.54, 1.807) is 12.1 Å². The van der Waals surface area contributed by atoms with Gasteiger partial charge in [0.15, 0.2) is 5.11 Å². The number of hydrogen-bond donors (Lipinski definition) is 2. The van der Waals surface area contributed by atoms with Crippen LogP contribution < -0.4 is 15.4 Å². The largest absolute Gasteiger partial charge is 0.493 e. The smallest absolute Gasteiger partial charge is 0.257 e. The molecule has 2 rings (SSSR count). The number of carbonyl (C=O) groups is 1. The predicted octanol–water partition coefficient (Wildman–Crippen LogP) is 4.93. The molecule has 0 atom stereocenters. The molecule has 0 aromatic heterocycles. The van der Waals surface area contributed by atoms with Gasteiger partial charge in [-0.05, 0) is 79.4 Å². The molecule has 0 spiro atoms. The normalized spacial score (nSPS) is 20.2. The van der Waals surface area contributed by atoms with Crippen LogP contribution in [0.2, 0.25) is 0 Å². The number of amides is 1. The van der Waals surface area contributed by atoms with Gasteiger partial charge in [-0.15, -0.1) is 0 Å². The summed E-state index contributed by atoms with van der Waals surface area (Å²) >= 11 is 5.34. The third-order valence-corrected chi connectivity index (χ3v) is 5.43. The Balaban J connectivity index is 1.78. The predicted molar refractivity (Wildman–Crippen MR) is 115 cm³/mol. The molecule has 1 amide bonds. The van der Waals surface area contributed by atoms with Gasteiger partial charge in [-0.25, -0.2) is 0 Å². The van der Waals surface area contributed by atoms with Crippen LogP contribution in [0, 0.1) is 17.3 Å². The fourth-order valence-electron chi connectivity index (χ4n) is 3.47. The standard InChI is InChI=1S/C22H34N2O2S/c1-15(2)14-26-19-12-6-16(7-13-19)20(25)24-21(27)23-18-10-8-17(9-11-18)22(3,4)5/h6-7,12-13,15,17-18H,8-11,14H2,1-5H3,(H2,23,24,25,27). The molecule has 1 aliphatic carbocycles. The Morgan fingerprint density at radius 3 is 2.26 bits per heavy atom. The topological polar surface area (TPSA) is 50.4 Å². The van der Waals surface area contributed by atoms with Crippen LogP contribution in [0.5, 0.6) is 5.75 Å². The van der Waals surface area contributed by atoms with E-state index in [-0.39, 0.29) is 5.91 Å². The van der Waals surface area contributed by atoms with Gasteiger partial charge < -0.3 is 10.1 Å². The second-order valence-corrected chi connectivity index (χ2v) is 9.48. The van der Waals surface area contributed by atoms with Crippen LogP contribution in [0.15, 0.2) is 24.3 Å². The van der Waals surface area contributed by atoms with Gasteiger partial charge >= 0.3 is 0 Å². The van der Waals surface area contributed by atoms with Gasteiger partial charge in [0.25, 0.3) is 5.91 Å². The SMILES string of the molecule is CC(C)COc1ccc(C(=O)NC(=S)NC2CCC(C(C)(C)C)CC2)cc1. The van der Waals surface area contributed by atoms with Crippen LogP contribution >= 0.6 is 12.2 Å². The molecule has 5 heteroatoms. The molecule has 1 saturated carbocycles. The van der Waals surface area contributed by atoms with Crippen LogP contribution in [-0.2, 0) is 0 Å². The van der Waals surface area contributed by atoms with Crippen molar-refractivity contribution in [1.82, 2.24) is 10.6 Å². The minimum absolute atomic E-state index is 0.189. The fourth-order valence-corrected chi connectivity index (χ4v) is 3.73. The Kier molecular flexibility index (Phi) is 7.66. The average Bonchev–Trinajstić information content (AvgIpc) is 2.60. The maximum Gasteiger partial charge on any atom is 0.257 e. The maximum absolute atomic E-state index is 12.4. The van der Waals surface area contributed by atoms with E-state index in [1.165, 1.54) is 12.8 Å². The molecule has 1 fully saturated rings. The van der Waals surface area contributed by atoms with Crippen molar-refractivity contribution in [3.63, 3.8) is 0 Å². The Bertz CT molecular complexity index is 627. The molecule has 150 valence electrons. The van der Waals surface area contributed by atoms with Gasteiger partial charge in [-0.2, -0.15) is 0 Å². The first kappa shape index (κ1) is 21.7. The van der Waals surface area contributed by atoms with E-state index < -0.39 is 0 Å². The highest BCUT2D eigenvalue weighted by atomic mass is 32.1. The van der Waals surface area contributed by atoms with Gasteiger partial charge in [-0.3, -0.25) is 10.1 Å². The van der Waals surface area contributed by atoms with Crippen molar-refractivity contribution in [2.24, 2.45) is 17.3 Å². The molecule has 1 aromatic carbocycles. The number of nitrogens with one attached hydrogen (secondary N) is 2. The second-order valence-electron chi connectivity index (χ2n) is 9.07. The van der Waals surface area contributed by atoms with Crippen molar-refractivity contribution < 1.29 is 9.53 Å². The van der Waals surface area contributed by atoms with Crippen LogP contribution in [0.4, 0.5) is 0 Å². The summed E-state index contributed by atoms with van der Waals surface area (Å²) in [5.74, 6) is 1.81. The van der Waals surface area contributed by atoms with E-state index >= 15 is 0 Å². The van der Waals surface area contributed by atoms with E-state index in [2.05, 4.69) is 45.3 Å². The Morgan fingerprint density at radius 2 is 1.74 bits per heavy atom. The van der Waals surface area contributed by atoms with Crippen molar-refractivity contribution in [2.75, 3.05) is 6.61 Å². The molecule has 1 aromatic rings. The lowest BCUT2D eigenvalue weighted by atomic mass is 9.71. The van der Waals surface area contributed by atoms with E-state index in [0.717, 1.165) is 24.5 Å². The van der Waals surface area contributed by atoms with Gasteiger partial charge in [0.1, 0.15) is 5.75 Å². The third-order valence-electron chi connectivity index (χ3n) is 5.21. The first-order chi connectivity index (χ1) is 12.6. The van der Waals surface area contributed by atoms with Crippen molar-refractivity contribution in [2.45, 2.75) is 66.3 Å². The molecular weight excluding hydrogens is 356 g/mol. The Morgan fingerprint density at radius 1 is 1.15 bits per heavy atom. The van der Waals surface area contributed by atoms with Gasteiger partial charge in [0.05, 0.1) is 6.61 Å². The first-order valence-corrected chi connectivity index (χ1v) is 10.4. The van der Waals surface area contributed by atoms with Crippen LogP contribution in [0.3, 0.4) is 0 Å². The van der Waals surface area contributed by atoms with Gasteiger partial charge in [0, 0.05) is 11.6 Å². The van der Waals surface area contributed by atoms with Crippen LogP contribution in [-0.4, -0.2) is 23.7 Å². The van der Waals surface area contributed by atoms with Crippen LogP contribution in [0.25, 0.3) is 0 Å². The van der Waals surface area contributed by atoms with Crippen molar-refractivity contribution in [1.29, 1.82) is 0 Å². The summed E-state index contributed by atoms with van der Waals surface area (Å²) in [7, 11) is 0. The molecule has 2 N–H and O–H groups in total. The second kappa shape index (κ2) is 9.54. The highest BCUT2D eigenvalue weighted by molar-refractivity contribution is 7.80. The minimum Gasteiger partial charge on any atom is -0.493 e. The highest BCUT2D eigenvalue weighted by Gasteiger charge is 2.29. The quantitative estimate of drug-likeness (QED) is 0.700. The third kappa shape index (κ3) is 7.13. The molecule has 0 bridgehead atoms. The van der Waals surface area contributed by atoms with Crippen molar-refractivity contribution >= 4 is 23.2 Å². The lowest BCUT2D eigenvalue weighted by Crippen LogP contribution is -2.46. The highest BCUT2D eigenvalue weighted by Crippen LogP contribution is 2.37. The molecule has 27 heavy (non-hydrogen) atoms. The number of rotatable bonds is 5. The summed E-state index contributed by atoms with van der Waals surface area (Å²) in [6.45, 7) is 11.8. The van der Waals surface area contributed by atoms with Gasteiger partial charge in [-0.1, -0.05) is 34.6 Å². The number of thiocarbonyl (C=S) groups is 1. The summed E-state index contributed by atoms with van der Waals surface area (Å²) < 4.78 is 5.65. The molecule has 0 aliphatic heterocycles. The van der Waals surface area contributed by atoms with Crippen molar-refractivity contribution in [3.05, 3.63) is 29.8 Å². The van der Waals surface area contributed by atoms with Crippen molar-refractivity contribution in [3.8, 4) is 5.75 Å². The number of ether oxygens (including phenoxy) is 1. The van der Waals surface area contributed by atoms with Crippen LogP contribution in [0.1, 0.15) is 70.7 Å².